The summed E-state index contributed by atoms with van der Waals surface area (Å²) in [5.74, 6) is 0.0188. The molecule has 19 heavy (non-hydrogen) atoms. The fourth-order valence-electron chi connectivity index (χ4n) is 1.95. The largest absolute Gasteiger partial charge is 0.361 e. The second-order valence-electron chi connectivity index (χ2n) is 4.50. The summed E-state index contributed by atoms with van der Waals surface area (Å²) in [6, 6.07) is 0. The van der Waals surface area contributed by atoms with Gasteiger partial charge < -0.3 is 19.6 Å². The lowest BCUT2D eigenvalue weighted by Gasteiger charge is -2.37. The molecule has 0 amide bonds. The highest BCUT2D eigenvalue weighted by Crippen LogP contribution is 2.68. The summed E-state index contributed by atoms with van der Waals surface area (Å²) < 4.78 is 22.8. The number of unbranched alkanes of at least 4 members (excludes halogenated alkanes) is 1. The van der Waals surface area contributed by atoms with Gasteiger partial charge in [-0.3, -0.25) is 14.4 Å². The minimum atomic E-state index is -5.02. The first kappa shape index (κ1) is 17.5. The number of hydrogen-bond acceptors (Lipinski definition) is 3. The second kappa shape index (κ2) is 6.50. The summed E-state index contributed by atoms with van der Waals surface area (Å²) in [5, 5.41) is 0.668. The zero-order chi connectivity index (χ0) is 14.7. The molecule has 0 bridgehead atoms. The predicted octanol–water partition coefficient (Wildman–Crippen LogP) is 1.34. The van der Waals surface area contributed by atoms with Crippen LogP contribution in [-0.2, 0) is 9.13 Å². The Balaban J connectivity index is 2.88. The van der Waals surface area contributed by atoms with Crippen molar-refractivity contribution in [3.05, 3.63) is 12.2 Å². The third-order valence-electron chi connectivity index (χ3n) is 3.07. The molecule has 0 radical (unpaired) electrons. The highest BCUT2D eigenvalue weighted by molar-refractivity contribution is 9.09. The van der Waals surface area contributed by atoms with Gasteiger partial charge >= 0.3 is 15.2 Å². The Morgan fingerprint density at radius 2 is 1.79 bits per heavy atom. The molecule has 1 aliphatic heterocycles. The number of hydrogen-bond donors (Lipinski definition) is 5. The van der Waals surface area contributed by atoms with Crippen molar-refractivity contribution < 1.29 is 28.7 Å². The monoisotopic (exact) mass is 377 g/mol. The number of rotatable bonds is 6. The molecule has 0 spiro atoms. The highest BCUT2D eigenvalue weighted by atomic mass is 79.9. The standard InChI is InChI=1S/C9H18BrNO6P2/c10-6-2-1-3-8-4-5-9(11-7-8,18(12,13)14)19(15,16)17/h4-5,8,11H,1-3,6-7H2,(H2,12,13,14)(H2,15,16,17). The Labute approximate surface area is 119 Å². The molecule has 1 atom stereocenters. The fraction of sp³-hybridized carbons (Fsp3) is 0.778. The lowest BCUT2D eigenvalue weighted by Crippen LogP contribution is -2.47. The van der Waals surface area contributed by atoms with E-state index in [1.807, 2.05) is 0 Å². The third kappa shape index (κ3) is 3.99. The van der Waals surface area contributed by atoms with E-state index in [9.17, 15) is 28.7 Å². The lowest BCUT2D eigenvalue weighted by molar-refractivity contribution is 0.296. The SMILES string of the molecule is O=P(O)(O)C1(P(=O)(O)O)C=CC(CCCCBr)CN1. The van der Waals surface area contributed by atoms with Crippen molar-refractivity contribution >= 4 is 31.1 Å². The van der Waals surface area contributed by atoms with Gasteiger partial charge in [-0.15, -0.1) is 0 Å². The van der Waals surface area contributed by atoms with E-state index < -0.39 is 20.2 Å². The van der Waals surface area contributed by atoms with E-state index in [0.717, 1.165) is 30.7 Å². The lowest BCUT2D eigenvalue weighted by atomic mass is 9.99. The van der Waals surface area contributed by atoms with Crippen molar-refractivity contribution in [2.24, 2.45) is 5.92 Å². The Morgan fingerprint density at radius 1 is 1.21 bits per heavy atom. The molecule has 112 valence electrons. The summed E-state index contributed by atoms with van der Waals surface area (Å²) in [5.41, 5.74) is 0. The van der Waals surface area contributed by atoms with Crippen LogP contribution in [0.1, 0.15) is 19.3 Å². The molecule has 0 aromatic carbocycles. The molecule has 1 rings (SSSR count). The van der Waals surface area contributed by atoms with Gasteiger partial charge in [0.05, 0.1) is 0 Å². The number of alkyl halides is 1. The van der Waals surface area contributed by atoms with E-state index in [1.165, 1.54) is 6.08 Å². The first-order valence-electron chi connectivity index (χ1n) is 5.76. The van der Waals surface area contributed by atoms with Crippen molar-refractivity contribution in [1.82, 2.24) is 5.32 Å². The Bertz CT molecular complexity index is 408. The van der Waals surface area contributed by atoms with Gasteiger partial charge in [-0.1, -0.05) is 28.4 Å². The molecular weight excluding hydrogens is 360 g/mol. The van der Waals surface area contributed by atoms with E-state index in [1.54, 1.807) is 0 Å². The normalized spacial score (nSPS) is 23.5. The molecule has 10 heteroatoms. The molecule has 0 aromatic heterocycles. The smallest absolute Gasteiger partial charge is 0.322 e. The van der Waals surface area contributed by atoms with Gasteiger partial charge in [0.2, 0.25) is 5.02 Å². The molecule has 0 saturated heterocycles. The van der Waals surface area contributed by atoms with Gasteiger partial charge in [0.25, 0.3) is 0 Å². The van der Waals surface area contributed by atoms with Gasteiger partial charge in [0, 0.05) is 11.9 Å². The van der Waals surface area contributed by atoms with Crippen molar-refractivity contribution in [3.8, 4) is 0 Å². The molecule has 1 heterocycles. The van der Waals surface area contributed by atoms with Crippen LogP contribution in [0.4, 0.5) is 0 Å². The highest BCUT2D eigenvalue weighted by Gasteiger charge is 2.59. The van der Waals surface area contributed by atoms with E-state index in [-0.39, 0.29) is 12.5 Å². The van der Waals surface area contributed by atoms with Crippen molar-refractivity contribution in [1.29, 1.82) is 0 Å². The molecule has 1 unspecified atom stereocenters. The predicted molar refractivity (Wildman–Crippen MR) is 75.1 cm³/mol. The Kier molecular flexibility index (Phi) is 6.00. The van der Waals surface area contributed by atoms with E-state index >= 15 is 0 Å². The minimum Gasteiger partial charge on any atom is -0.322 e. The topological polar surface area (TPSA) is 127 Å². The van der Waals surface area contributed by atoms with Crippen LogP contribution in [0.5, 0.6) is 0 Å². The molecule has 0 fully saturated rings. The van der Waals surface area contributed by atoms with Crippen molar-refractivity contribution in [2.45, 2.75) is 24.3 Å². The average Bonchev–Trinajstić information content (AvgIpc) is 2.27. The first-order valence-corrected chi connectivity index (χ1v) is 10.1. The van der Waals surface area contributed by atoms with Crippen LogP contribution in [0, 0.1) is 5.92 Å². The first-order chi connectivity index (χ1) is 8.64. The van der Waals surface area contributed by atoms with Crippen molar-refractivity contribution in [3.63, 3.8) is 0 Å². The zero-order valence-electron chi connectivity index (χ0n) is 10.1. The second-order valence-corrected chi connectivity index (χ2v) is 9.23. The van der Waals surface area contributed by atoms with E-state index in [2.05, 4.69) is 21.2 Å². The van der Waals surface area contributed by atoms with E-state index in [0.29, 0.717) is 0 Å². The molecule has 0 saturated carbocycles. The summed E-state index contributed by atoms with van der Waals surface area (Å²) in [6.45, 7) is 0.134. The molecule has 7 nitrogen and oxygen atoms in total. The molecule has 5 N–H and O–H groups in total. The van der Waals surface area contributed by atoms with Gasteiger partial charge in [0.15, 0.2) is 0 Å². The molecule has 1 aliphatic rings. The summed E-state index contributed by atoms with van der Waals surface area (Å²) >= 11 is 3.31. The minimum absolute atomic E-state index is 0.0188. The van der Waals surface area contributed by atoms with Crippen molar-refractivity contribution in [2.75, 3.05) is 11.9 Å². The van der Waals surface area contributed by atoms with Crippen LogP contribution < -0.4 is 5.32 Å². The Hall–Kier alpha value is 0.480. The van der Waals surface area contributed by atoms with Gasteiger partial charge in [-0.05, 0) is 24.8 Å². The number of nitrogens with one attached hydrogen (secondary N) is 1. The van der Waals surface area contributed by atoms with Crippen LogP contribution in [-0.4, -0.2) is 36.5 Å². The maximum Gasteiger partial charge on any atom is 0.361 e. The van der Waals surface area contributed by atoms with Crippen LogP contribution >= 0.6 is 31.1 Å². The fourth-order valence-corrected chi connectivity index (χ4v) is 4.86. The van der Waals surface area contributed by atoms with Gasteiger partial charge in [-0.25, -0.2) is 0 Å². The molecule has 0 aromatic rings. The summed E-state index contributed by atoms with van der Waals surface area (Å²) in [7, 11) is -10.0. The summed E-state index contributed by atoms with van der Waals surface area (Å²) in [4.78, 5) is 36.9. The van der Waals surface area contributed by atoms with Crippen LogP contribution in [0.2, 0.25) is 0 Å². The molecular formula is C9H18BrNO6P2. The average molecular weight is 378 g/mol. The molecule has 0 aliphatic carbocycles. The third-order valence-corrected chi connectivity index (χ3v) is 7.59. The number of halogens is 1. The van der Waals surface area contributed by atoms with Crippen LogP contribution in [0.3, 0.4) is 0 Å². The maximum atomic E-state index is 11.4. The Morgan fingerprint density at radius 3 is 2.16 bits per heavy atom. The zero-order valence-corrected chi connectivity index (χ0v) is 13.5. The van der Waals surface area contributed by atoms with E-state index in [4.69, 9.17) is 0 Å². The summed E-state index contributed by atoms with van der Waals surface area (Å²) in [6.07, 6.45) is 5.14. The van der Waals surface area contributed by atoms with Gasteiger partial charge in [-0.2, -0.15) is 0 Å². The quantitative estimate of drug-likeness (QED) is 0.204. The van der Waals surface area contributed by atoms with Crippen LogP contribution in [0.15, 0.2) is 12.2 Å². The van der Waals surface area contributed by atoms with Gasteiger partial charge in [0.1, 0.15) is 0 Å². The van der Waals surface area contributed by atoms with Crippen LogP contribution in [0.25, 0.3) is 0 Å². The maximum absolute atomic E-state index is 11.4.